The molecule has 5 heteroatoms. The van der Waals surface area contributed by atoms with Gasteiger partial charge in [0.15, 0.2) is 0 Å². The molecule has 3 heterocycles. The van der Waals surface area contributed by atoms with Crippen LogP contribution in [0.2, 0.25) is 0 Å². The first kappa shape index (κ1) is 12.6. The molecule has 0 unspecified atom stereocenters. The van der Waals surface area contributed by atoms with Crippen LogP contribution in [0.25, 0.3) is 22.8 Å². The molecule has 0 aliphatic carbocycles. The topological polar surface area (TPSA) is 39.9 Å². The third kappa shape index (κ3) is 2.77. The summed E-state index contributed by atoms with van der Waals surface area (Å²) in [6.45, 7) is 0. The average Bonchev–Trinajstić information content (AvgIpc) is 2.88. The van der Waals surface area contributed by atoms with Gasteiger partial charge >= 0.3 is 0 Å². The first-order valence-corrected chi connectivity index (χ1v) is 7.20. The van der Waals surface area contributed by atoms with Crippen molar-refractivity contribution in [2.24, 2.45) is 0 Å². The van der Waals surface area contributed by atoms with Crippen molar-refractivity contribution in [3.63, 3.8) is 0 Å². The molecule has 0 atom stereocenters. The lowest BCUT2D eigenvalue weighted by molar-refractivity contribution is 1.21. The summed E-state index contributed by atoms with van der Waals surface area (Å²) in [7, 11) is 0. The monoisotopic (exact) mass is 376 g/mol. The minimum absolute atomic E-state index is 0.801. The van der Waals surface area contributed by atoms with E-state index in [4.69, 9.17) is 0 Å². The Balaban J connectivity index is 2.00. The Morgan fingerprint density at radius 1 is 0.684 bits per heavy atom. The third-order valence-electron chi connectivity index (χ3n) is 2.60. The molecule has 0 N–H and O–H groups in total. The van der Waals surface area contributed by atoms with E-state index in [0.717, 1.165) is 32.0 Å². The van der Waals surface area contributed by atoms with Gasteiger partial charge < -0.3 is 4.98 Å². The van der Waals surface area contributed by atoms with Crippen LogP contribution >= 0.6 is 31.9 Å². The van der Waals surface area contributed by atoms with Crippen molar-refractivity contribution in [3.05, 3.63) is 57.7 Å². The van der Waals surface area contributed by atoms with Crippen LogP contribution in [0.3, 0.4) is 0 Å². The normalized spacial score (nSPS) is 10.6. The molecule has 3 rings (SSSR count). The summed E-state index contributed by atoms with van der Waals surface area (Å²) in [5.74, 6) is 0. The number of hydrogen-bond donors (Lipinski definition) is 0. The summed E-state index contributed by atoms with van der Waals surface area (Å²) < 4.78 is 1.60. The maximum Gasteiger partial charge on any atom is 0.106 e. The van der Waals surface area contributed by atoms with E-state index in [0.29, 0.717) is 0 Å². The van der Waals surface area contributed by atoms with Crippen LogP contribution < -0.4 is 4.98 Å². The fraction of sp³-hybridized carbons (Fsp3) is 0. The van der Waals surface area contributed by atoms with Gasteiger partial charge in [0.1, 0.15) is 9.21 Å². The van der Waals surface area contributed by atoms with Gasteiger partial charge in [-0.1, -0.05) is 24.3 Å². The van der Waals surface area contributed by atoms with E-state index in [1.54, 1.807) is 0 Å². The maximum absolute atomic E-state index is 4.57. The zero-order valence-corrected chi connectivity index (χ0v) is 12.9. The highest BCUT2D eigenvalue weighted by atomic mass is 79.9. The lowest BCUT2D eigenvalue weighted by atomic mass is 10.3. The van der Waals surface area contributed by atoms with Gasteiger partial charge in [0.2, 0.25) is 0 Å². The van der Waals surface area contributed by atoms with Crippen molar-refractivity contribution in [2.45, 2.75) is 0 Å². The Hall–Kier alpha value is -1.46. The molecule has 0 fully saturated rings. The second kappa shape index (κ2) is 5.27. The highest BCUT2D eigenvalue weighted by Crippen LogP contribution is 2.23. The lowest BCUT2D eigenvalue weighted by Crippen LogP contribution is -1.88. The van der Waals surface area contributed by atoms with E-state index in [1.807, 2.05) is 48.5 Å². The molecule has 0 aliphatic heterocycles. The van der Waals surface area contributed by atoms with Crippen LogP contribution in [0, 0.1) is 0 Å². The summed E-state index contributed by atoms with van der Waals surface area (Å²) >= 11 is 6.73. The molecular formula is C14H8Br2N3-. The van der Waals surface area contributed by atoms with Crippen LogP contribution in [-0.2, 0) is 0 Å². The zero-order valence-electron chi connectivity index (χ0n) is 9.72. The Morgan fingerprint density at radius 2 is 1.16 bits per heavy atom. The SMILES string of the molecule is Brc1cccc(-c2ccc(-c3cccc(Br)n3)[n-]2)n1. The van der Waals surface area contributed by atoms with Crippen molar-refractivity contribution in [3.8, 4) is 22.8 Å². The Morgan fingerprint density at radius 3 is 1.58 bits per heavy atom. The number of aromatic nitrogens is 3. The van der Waals surface area contributed by atoms with E-state index in [9.17, 15) is 0 Å². The third-order valence-corrected chi connectivity index (χ3v) is 3.48. The van der Waals surface area contributed by atoms with Gasteiger partial charge in [-0.3, -0.25) is 0 Å². The van der Waals surface area contributed by atoms with Gasteiger partial charge in [0.05, 0.1) is 0 Å². The molecule has 3 nitrogen and oxygen atoms in total. The van der Waals surface area contributed by atoms with E-state index < -0.39 is 0 Å². The minimum Gasteiger partial charge on any atom is -0.654 e. The Bertz CT molecular complexity index is 662. The van der Waals surface area contributed by atoms with Crippen molar-refractivity contribution >= 4 is 31.9 Å². The van der Waals surface area contributed by atoms with Gasteiger partial charge in [-0.05, 0) is 56.1 Å². The minimum atomic E-state index is 0.801. The van der Waals surface area contributed by atoms with Crippen LogP contribution in [0.15, 0.2) is 57.7 Å². The van der Waals surface area contributed by atoms with E-state index >= 15 is 0 Å². The first-order chi connectivity index (χ1) is 9.22. The standard InChI is InChI=1S/C14H8Br2N3/c15-13-5-1-3-9(18-13)11-7-8-12(17-11)10-4-2-6-14(16)19-10/h1-8H/q-1. The number of pyridine rings is 2. The highest BCUT2D eigenvalue weighted by molar-refractivity contribution is 9.10. The van der Waals surface area contributed by atoms with Crippen LogP contribution in [-0.4, -0.2) is 9.97 Å². The van der Waals surface area contributed by atoms with E-state index in [2.05, 4.69) is 46.8 Å². The predicted octanol–water partition coefficient (Wildman–Crippen LogP) is 4.29. The predicted molar refractivity (Wildman–Crippen MR) is 81.6 cm³/mol. The molecule has 3 aromatic rings. The largest absolute Gasteiger partial charge is 0.654 e. The molecular weight excluding hydrogens is 370 g/mol. The molecule has 0 saturated carbocycles. The second-order valence-electron chi connectivity index (χ2n) is 3.91. The lowest BCUT2D eigenvalue weighted by Gasteiger charge is -2.10. The highest BCUT2D eigenvalue weighted by Gasteiger charge is 1.98. The van der Waals surface area contributed by atoms with Crippen LogP contribution in [0.4, 0.5) is 0 Å². The van der Waals surface area contributed by atoms with Gasteiger partial charge in [0.25, 0.3) is 0 Å². The van der Waals surface area contributed by atoms with Crippen molar-refractivity contribution in [2.75, 3.05) is 0 Å². The summed E-state index contributed by atoms with van der Waals surface area (Å²) in [5, 5.41) is 0. The number of rotatable bonds is 2. The zero-order chi connectivity index (χ0) is 13.2. The van der Waals surface area contributed by atoms with Gasteiger partial charge in [0, 0.05) is 11.4 Å². The van der Waals surface area contributed by atoms with Gasteiger partial charge in [-0.2, -0.15) is 0 Å². The molecule has 0 spiro atoms. The molecule has 0 radical (unpaired) electrons. The Labute approximate surface area is 127 Å². The molecule has 0 aliphatic rings. The van der Waals surface area contributed by atoms with Crippen LogP contribution in [0.1, 0.15) is 0 Å². The molecule has 0 saturated heterocycles. The molecule has 0 amide bonds. The molecule has 0 aromatic carbocycles. The maximum atomic E-state index is 4.57. The second-order valence-corrected chi connectivity index (χ2v) is 5.53. The smallest absolute Gasteiger partial charge is 0.106 e. The van der Waals surface area contributed by atoms with Gasteiger partial charge in [-0.15, -0.1) is 11.4 Å². The number of nitrogens with zero attached hydrogens (tertiary/aromatic N) is 3. The van der Waals surface area contributed by atoms with E-state index in [-0.39, 0.29) is 0 Å². The summed E-state index contributed by atoms with van der Waals surface area (Å²) in [4.78, 5) is 13.4. The van der Waals surface area contributed by atoms with Gasteiger partial charge in [-0.25, -0.2) is 9.97 Å². The molecule has 3 aromatic heterocycles. The molecule has 19 heavy (non-hydrogen) atoms. The fourth-order valence-electron chi connectivity index (χ4n) is 1.75. The van der Waals surface area contributed by atoms with Crippen LogP contribution in [0.5, 0.6) is 0 Å². The molecule has 0 bridgehead atoms. The van der Waals surface area contributed by atoms with Crippen molar-refractivity contribution in [1.82, 2.24) is 15.0 Å². The fourth-order valence-corrected chi connectivity index (χ4v) is 2.44. The summed E-state index contributed by atoms with van der Waals surface area (Å²) in [6, 6.07) is 15.4. The Kier molecular flexibility index (Phi) is 3.48. The first-order valence-electron chi connectivity index (χ1n) is 5.62. The number of hydrogen-bond acceptors (Lipinski definition) is 2. The quantitative estimate of drug-likeness (QED) is 0.625. The van der Waals surface area contributed by atoms with E-state index in [1.165, 1.54) is 0 Å². The summed E-state index contributed by atoms with van der Waals surface area (Å²) in [6.07, 6.45) is 0. The number of halogens is 2. The van der Waals surface area contributed by atoms with Crippen molar-refractivity contribution < 1.29 is 0 Å². The van der Waals surface area contributed by atoms with Crippen molar-refractivity contribution in [1.29, 1.82) is 0 Å². The molecule has 94 valence electrons. The summed E-state index contributed by atoms with van der Waals surface area (Å²) in [5.41, 5.74) is 3.38. The average molecular weight is 378 g/mol.